The van der Waals surface area contributed by atoms with Gasteiger partial charge in [-0.3, -0.25) is 9.47 Å². The first-order valence-electron chi connectivity index (χ1n) is 7.46. The van der Waals surface area contributed by atoms with Crippen LogP contribution in [0.5, 0.6) is 6.01 Å². The number of morpholine rings is 1. The van der Waals surface area contributed by atoms with Gasteiger partial charge in [0, 0.05) is 32.2 Å². The molecule has 0 aliphatic carbocycles. The second-order valence-corrected chi connectivity index (χ2v) is 5.15. The summed E-state index contributed by atoms with van der Waals surface area (Å²) < 4.78 is 13.2. The Bertz CT molecular complexity index is 400. The van der Waals surface area contributed by atoms with Crippen LogP contribution < -0.4 is 10.5 Å². The number of nitrogens with zero attached hydrogens (tertiary/aromatic N) is 3. The Balaban J connectivity index is 1.76. The van der Waals surface area contributed by atoms with Crippen LogP contribution in [0.2, 0.25) is 0 Å². The van der Waals surface area contributed by atoms with E-state index in [1.54, 1.807) is 0 Å². The summed E-state index contributed by atoms with van der Waals surface area (Å²) in [7, 11) is 0. The average Bonchev–Trinajstić information content (AvgIpc) is 2.88. The fourth-order valence-electron chi connectivity index (χ4n) is 2.44. The van der Waals surface area contributed by atoms with E-state index in [0.717, 1.165) is 51.5 Å². The lowest BCUT2D eigenvalue weighted by atomic mass is 10.3. The van der Waals surface area contributed by atoms with Gasteiger partial charge in [-0.25, -0.2) is 4.98 Å². The molecule has 20 heavy (non-hydrogen) atoms. The van der Waals surface area contributed by atoms with Crippen molar-refractivity contribution in [1.29, 1.82) is 0 Å². The molecular weight excluding hydrogens is 256 g/mol. The lowest BCUT2D eigenvalue weighted by molar-refractivity contribution is 0.0355. The zero-order valence-electron chi connectivity index (χ0n) is 12.5. The Kier molecular flexibility index (Phi) is 5.82. The largest absolute Gasteiger partial charge is 0.465 e. The van der Waals surface area contributed by atoms with E-state index in [0.29, 0.717) is 12.6 Å². The maximum Gasteiger partial charge on any atom is 0.296 e. The van der Waals surface area contributed by atoms with E-state index in [2.05, 4.69) is 16.8 Å². The predicted octanol–water partition coefficient (Wildman–Crippen LogP) is 1.02. The van der Waals surface area contributed by atoms with Crippen molar-refractivity contribution in [2.75, 3.05) is 39.5 Å². The molecule has 0 aromatic carbocycles. The zero-order chi connectivity index (χ0) is 14.4. The highest BCUT2D eigenvalue weighted by Gasteiger charge is 2.13. The Morgan fingerprint density at radius 3 is 2.85 bits per heavy atom. The van der Waals surface area contributed by atoms with Crippen molar-refractivity contribution in [1.82, 2.24) is 14.5 Å². The number of nitrogens with two attached hydrogens (primary N) is 1. The minimum atomic E-state index is -0.0202. The van der Waals surface area contributed by atoms with Gasteiger partial charge < -0.3 is 15.2 Å². The summed E-state index contributed by atoms with van der Waals surface area (Å²) in [6, 6.07) is 0.662. The highest BCUT2D eigenvalue weighted by Crippen LogP contribution is 2.18. The highest BCUT2D eigenvalue weighted by atomic mass is 16.5. The third kappa shape index (κ3) is 3.94. The van der Waals surface area contributed by atoms with Crippen molar-refractivity contribution in [2.45, 2.75) is 32.9 Å². The van der Waals surface area contributed by atoms with Crippen LogP contribution in [0.15, 0.2) is 6.20 Å². The molecule has 6 heteroatoms. The summed E-state index contributed by atoms with van der Waals surface area (Å²) in [5.41, 5.74) is 6.94. The Labute approximate surface area is 120 Å². The molecule has 0 spiro atoms. The molecule has 1 saturated heterocycles. The molecule has 2 heterocycles. The van der Waals surface area contributed by atoms with Crippen LogP contribution in [-0.2, 0) is 11.3 Å². The number of hydrogen-bond donors (Lipinski definition) is 1. The quantitative estimate of drug-likeness (QED) is 0.757. The van der Waals surface area contributed by atoms with Gasteiger partial charge in [-0.2, -0.15) is 0 Å². The zero-order valence-corrected chi connectivity index (χ0v) is 12.5. The standard InChI is InChI=1S/C14H26N4O2/c1-3-18-13(12(2)15)11-16-14(18)20-8-4-5-17-6-9-19-10-7-17/h11-12H,3-10,15H2,1-2H3. The molecule has 2 rings (SSSR count). The summed E-state index contributed by atoms with van der Waals surface area (Å²) in [5.74, 6) is 0. The van der Waals surface area contributed by atoms with Crippen LogP contribution in [0, 0.1) is 0 Å². The maximum atomic E-state index is 5.92. The second kappa shape index (κ2) is 7.61. The molecule has 1 aromatic rings. The smallest absolute Gasteiger partial charge is 0.296 e. The first-order chi connectivity index (χ1) is 9.72. The van der Waals surface area contributed by atoms with Gasteiger partial charge in [-0.05, 0) is 20.3 Å². The number of imidazole rings is 1. The molecule has 0 radical (unpaired) electrons. The van der Waals surface area contributed by atoms with Gasteiger partial charge in [0.2, 0.25) is 0 Å². The third-order valence-electron chi connectivity index (χ3n) is 3.59. The SMILES string of the molecule is CCn1c(C(C)N)cnc1OCCCN1CCOCC1. The van der Waals surface area contributed by atoms with Crippen molar-refractivity contribution in [3.8, 4) is 6.01 Å². The number of rotatable bonds is 7. The van der Waals surface area contributed by atoms with Crippen LogP contribution in [-0.4, -0.2) is 53.9 Å². The molecule has 0 amide bonds. The van der Waals surface area contributed by atoms with Crippen molar-refractivity contribution >= 4 is 0 Å². The molecule has 0 saturated carbocycles. The summed E-state index contributed by atoms with van der Waals surface area (Å²) >= 11 is 0. The van der Waals surface area contributed by atoms with Gasteiger partial charge >= 0.3 is 0 Å². The normalized spacial score (nSPS) is 18.1. The Hall–Kier alpha value is -1.11. The van der Waals surface area contributed by atoms with Gasteiger partial charge in [0.1, 0.15) is 0 Å². The van der Waals surface area contributed by atoms with E-state index in [1.165, 1.54) is 0 Å². The molecular formula is C14H26N4O2. The Morgan fingerprint density at radius 2 is 2.20 bits per heavy atom. The van der Waals surface area contributed by atoms with Crippen LogP contribution in [0.4, 0.5) is 0 Å². The van der Waals surface area contributed by atoms with Crippen LogP contribution >= 0.6 is 0 Å². The molecule has 1 fully saturated rings. The van der Waals surface area contributed by atoms with Crippen molar-refractivity contribution in [3.05, 3.63) is 11.9 Å². The molecule has 2 N–H and O–H groups in total. The van der Waals surface area contributed by atoms with Crippen molar-refractivity contribution in [2.24, 2.45) is 5.73 Å². The maximum absolute atomic E-state index is 5.92. The number of ether oxygens (including phenoxy) is 2. The second-order valence-electron chi connectivity index (χ2n) is 5.15. The van der Waals surface area contributed by atoms with E-state index in [1.807, 2.05) is 17.7 Å². The van der Waals surface area contributed by atoms with Crippen LogP contribution in [0.1, 0.15) is 32.0 Å². The molecule has 6 nitrogen and oxygen atoms in total. The van der Waals surface area contributed by atoms with E-state index in [-0.39, 0.29) is 6.04 Å². The lowest BCUT2D eigenvalue weighted by Gasteiger charge is -2.26. The Morgan fingerprint density at radius 1 is 1.45 bits per heavy atom. The van der Waals surface area contributed by atoms with Crippen molar-refractivity contribution in [3.63, 3.8) is 0 Å². The lowest BCUT2D eigenvalue weighted by Crippen LogP contribution is -2.37. The van der Waals surface area contributed by atoms with E-state index < -0.39 is 0 Å². The van der Waals surface area contributed by atoms with E-state index in [4.69, 9.17) is 15.2 Å². The molecule has 1 aliphatic heterocycles. The van der Waals surface area contributed by atoms with Gasteiger partial charge in [-0.15, -0.1) is 0 Å². The molecule has 1 aliphatic rings. The van der Waals surface area contributed by atoms with Crippen molar-refractivity contribution < 1.29 is 9.47 Å². The minimum absolute atomic E-state index is 0.0202. The third-order valence-corrected chi connectivity index (χ3v) is 3.59. The van der Waals surface area contributed by atoms with Gasteiger partial charge in [-0.1, -0.05) is 0 Å². The summed E-state index contributed by atoms with van der Waals surface area (Å²) in [5, 5.41) is 0. The van der Waals surface area contributed by atoms with E-state index >= 15 is 0 Å². The molecule has 0 bridgehead atoms. The minimum Gasteiger partial charge on any atom is -0.465 e. The first-order valence-corrected chi connectivity index (χ1v) is 7.46. The molecule has 114 valence electrons. The van der Waals surface area contributed by atoms with Gasteiger partial charge in [0.25, 0.3) is 6.01 Å². The van der Waals surface area contributed by atoms with Gasteiger partial charge in [0.15, 0.2) is 0 Å². The first kappa shape index (κ1) is 15.3. The van der Waals surface area contributed by atoms with E-state index in [9.17, 15) is 0 Å². The topological polar surface area (TPSA) is 65.5 Å². The molecule has 1 aromatic heterocycles. The predicted molar refractivity (Wildman–Crippen MR) is 77.9 cm³/mol. The fourth-order valence-corrected chi connectivity index (χ4v) is 2.44. The summed E-state index contributed by atoms with van der Waals surface area (Å²) in [6.07, 6.45) is 2.82. The van der Waals surface area contributed by atoms with Crippen LogP contribution in [0.3, 0.4) is 0 Å². The highest BCUT2D eigenvalue weighted by molar-refractivity contribution is 5.12. The number of hydrogen-bond acceptors (Lipinski definition) is 5. The number of aromatic nitrogens is 2. The van der Waals surface area contributed by atoms with Crippen LogP contribution in [0.25, 0.3) is 0 Å². The fraction of sp³-hybridized carbons (Fsp3) is 0.786. The molecule has 1 unspecified atom stereocenters. The average molecular weight is 282 g/mol. The van der Waals surface area contributed by atoms with Gasteiger partial charge in [0.05, 0.1) is 31.7 Å². The summed E-state index contributed by atoms with van der Waals surface area (Å²) in [6.45, 7) is 10.4. The summed E-state index contributed by atoms with van der Waals surface area (Å²) in [4.78, 5) is 6.73. The molecule has 1 atom stereocenters. The monoisotopic (exact) mass is 282 g/mol.